The number of nitrogens with zero attached hydrogens (tertiary/aromatic N) is 2. The van der Waals surface area contributed by atoms with E-state index in [1.165, 1.54) is 0 Å². The summed E-state index contributed by atoms with van der Waals surface area (Å²) in [4.78, 5) is 5.89. The van der Waals surface area contributed by atoms with Gasteiger partial charge in [0.05, 0.1) is 6.61 Å². The summed E-state index contributed by atoms with van der Waals surface area (Å²) in [7, 11) is 0.435. The fourth-order valence-electron chi connectivity index (χ4n) is 2.20. The van der Waals surface area contributed by atoms with E-state index in [1.807, 2.05) is 38.1 Å². The van der Waals surface area contributed by atoms with Crippen LogP contribution in [0.2, 0.25) is 0 Å². The van der Waals surface area contributed by atoms with Crippen LogP contribution in [0, 0.1) is 0 Å². The molecule has 5 nitrogen and oxygen atoms in total. The number of aliphatic hydroxyl groups excluding tert-OH is 1. The average Bonchev–Trinajstić information content (AvgIpc) is 2.59. The Bertz CT molecular complexity index is 659. The minimum atomic E-state index is -3.44. The summed E-state index contributed by atoms with van der Waals surface area (Å²) in [6.45, 7) is 2.27. The van der Waals surface area contributed by atoms with E-state index in [9.17, 15) is 9.67 Å². The van der Waals surface area contributed by atoms with Gasteiger partial charge in [-0.25, -0.2) is 0 Å². The lowest BCUT2D eigenvalue weighted by Crippen LogP contribution is -2.16. The maximum Gasteiger partial charge on any atom is 0.264 e. The highest BCUT2D eigenvalue weighted by Crippen LogP contribution is 2.57. The highest BCUT2D eigenvalue weighted by atomic mass is 31.2. The fraction of sp³-hybridized carbons (Fsp3) is 0.353. The molecule has 0 amide bonds. The molecule has 0 aliphatic heterocycles. The van der Waals surface area contributed by atoms with Crippen LogP contribution in [0.4, 0.5) is 5.69 Å². The number of pyridine rings is 1. The second-order valence-corrected chi connectivity index (χ2v) is 7.95. The number of aliphatic hydroxyl groups is 1. The van der Waals surface area contributed by atoms with Gasteiger partial charge in [-0.15, -0.1) is 0 Å². The third kappa shape index (κ3) is 3.99. The summed E-state index contributed by atoms with van der Waals surface area (Å²) in [6, 6.07) is 10.6. The number of hydrogen-bond acceptors (Lipinski definition) is 5. The SMILES string of the molecule is CCCO[P@@](=O)(c1ccc(N(C)C)cc1)[C@@H](O)c1ccncc1. The first-order valence-electron chi connectivity index (χ1n) is 7.59. The molecule has 0 fully saturated rings. The topological polar surface area (TPSA) is 62.7 Å². The Kier molecular flexibility index (Phi) is 5.94. The second kappa shape index (κ2) is 7.73. The molecular formula is C17H23N2O3P. The van der Waals surface area contributed by atoms with Crippen LogP contribution in [0.3, 0.4) is 0 Å². The molecule has 0 saturated heterocycles. The lowest BCUT2D eigenvalue weighted by Gasteiger charge is -2.25. The van der Waals surface area contributed by atoms with Crippen molar-refractivity contribution < 1.29 is 14.2 Å². The lowest BCUT2D eigenvalue weighted by atomic mass is 10.3. The number of rotatable bonds is 7. The van der Waals surface area contributed by atoms with Crippen molar-refractivity contribution in [3.8, 4) is 0 Å². The average molecular weight is 334 g/mol. The minimum absolute atomic E-state index is 0.328. The third-order valence-electron chi connectivity index (χ3n) is 3.54. The van der Waals surface area contributed by atoms with Crippen LogP contribution in [0.25, 0.3) is 0 Å². The quantitative estimate of drug-likeness (QED) is 0.788. The van der Waals surface area contributed by atoms with Gasteiger partial charge in [-0.05, 0) is 48.4 Å². The van der Waals surface area contributed by atoms with E-state index < -0.39 is 13.2 Å². The van der Waals surface area contributed by atoms with Gasteiger partial charge in [0.2, 0.25) is 0 Å². The molecule has 124 valence electrons. The van der Waals surface area contributed by atoms with Crippen LogP contribution in [0.1, 0.15) is 24.8 Å². The third-order valence-corrected chi connectivity index (χ3v) is 6.07. The van der Waals surface area contributed by atoms with Crippen molar-refractivity contribution in [2.24, 2.45) is 0 Å². The van der Waals surface area contributed by atoms with E-state index in [-0.39, 0.29) is 0 Å². The fourth-order valence-corrected chi connectivity index (χ4v) is 4.36. The predicted octanol–water partition coefficient (Wildman–Crippen LogP) is 3.17. The Morgan fingerprint density at radius 1 is 1.17 bits per heavy atom. The summed E-state index contributed by atoms with van der Waals surface area (Å²) in [5, 5.41) is 11.2. The Morgan fingerprint density at radius 3 is 2.30 bits per heavy atom. The molecule has 23 heavy (non-hydrogen) atoms. The summed E-state index contributed by atoms with van der Waals surface area (Å²) >= 11 is 0. The molecule has 2 aromatic rings. The first kappa shape index (κ1) is 17.7. The van der Waals surface area contributed by atoms with Crippen molar-refractivity contribution >= 4 is 18.4 Å². The Morgan fingerprint density at radius 2 is 1.78 bits per heavy atom. The van der Waals surface area contributed by atoms with Crippen molar-refractivity contribution in [3.63, 3.8) is 0 Å². The van der Waals surface area contributed by atoms with Gasteiger partial charge in [0.1, 0.15) is 0 Å². The van der Waals surface area contributed by atoms with Crippen molar-refractivity contribution in [3.05, 3.63) is 54.4 Å². The predicted molar refractivity (Wildman–Crippen MR) is 93.4 cm³/mol. The van der Waals surface area contributed by atoms with Crippen molar-refractivity contribution in [2.75, 3.05) is 25.6 Å². The van der Waals surface area contributed by atoms with Gasteiger partial charge in [0, 0.05) is 37.5 Å². The maximum absolute atomic E-state index is 13.4. The number of anilines is 1. The Hall–Kier alpha value is -1.68. The lowest BCUT2D eigenvalue weighted by molar-refractivity contribution is 0.214. The number of benzene rings is 1. The van der Waals surface area contributed by atoms with Gasteiger partial charge >= 0.3 is 0 Å². The van der Waals surface area contributed by atoms with Gasteiger partial charge in [-0.2, -0.15) is 0 Å². The van der Waals surface area contributed by atoms with Crippen molar-refractivity contribution in [2.45, 2.75) is 19.2 Å². The first-order chi connectivity index (χ1) is 11.0. The molecule has 1 heterocycles. The molecule has 0 saturated carbocycles. The second-order valence-electron chi connectivity index (χ2n) is 5.50. The molecule has 6 heteroatoms. The normalized spacial score (nSPS) is 15.0. The van der Waals surface area contributed by atoms with Gasteiger partial charge in [0.15, 0.2) is 5.85 Å². The Balaban J connectivity index is 2.40. The van der Waals surface area contributed by atoms with Gasteiger partial charge in [-0.1, -0.05) is 6.92 Å². The van der Waals surface area contributed by atoms with Crippen molar-refractivity contribution in [1.82, 2.24) is 4.98 Å². The molecule has 1 aromatic heterocycles. The highest BCUT2D eigenvalue weighted by Gasteiger charge is 2.36. The monoisotopic (exact) mass is 334 g/mol. The van der Waals surface area contributed by atoms with Crippen LogP contribution >= 0.6 is 7.37 Å². The minimum Gasteiger partial charge on any atom is -0.378 e. The van der Waals surface area contributed by atoms with Crippen LogP contribution in [-0.4, -0.2) is 30.8 Å². The molecule has 0 aliphatic carbocycles. The summed E-state index contributed by atoms with van der Waals surface area (Å²) in [5.74, 6) is -1.21. The summed E-state index contributed by atoms with van der Waals surface area (Å²) in [6.07, 6.45) is 3.86. The first-order valence-corrected chi connectivity index (χ1v) is 9.28. The molecule has 2 atom stereocenters. The smallest absolute Gasteiger partial charge is 0.264 e. The zero-order valence-electron chi connectivity index (χ0n) is 13.7. The molecule has 1 N–H and O–H groups in total. The molecule has 2 rings (SSSR count). The maximum atomic E-state index is 13.4. The van der Waals surface area contributed by atoms with Crippen LogP contribution in [0.15, 0.2) is 48.8 Å². The molecular weight excluding hydrogens is 311 g/mol. The largest absolute Gasteiger partial charge is 0.378 e. The van der Waals surface area contributed by atoms with Crippen LogP contribution in [-0.2, 0) is 9.09 Å². The molecule has 0 bridgehead atoms. The van der Waals surface area contributed by atoms with Gasteiger partial charge in [-0.3, -0.25) is 9.55 Å². The molecule has 0 spiro atoms. The summed E-state index contributed by atoms with van der Waals surface area (Å²) in [5.41, 5.74) is 1.53. The van der Waals surface area contributed by atoms with Gasteiger partial charge in [0.25, 0.3) is 7.37 Å². The number of aromatic nitrogens is 1. The standard InChI is InChI=1S/C17H23N2O3P/c1-4-13-22-23(21,17(20)14-9-11-18-12-10-14)16-7-5-15(6-8-16)19(2)3/h5-12,17,20H,4,13H2,1-3H3/t17-,23+/m1/s1. The summed E-state index contributed by atoms with van der Waals surface area (Å²) < 4.78 is 19.1. The zero-order chi connectivity index (χ0) is 16.9. The van der Waals surface area contributed by atoms with E-state index in [2.05, 4.69) is 4.98 Å². The molecule has 0 aliphatic rings. The van der Waals surface area contributed by atoms with Gasteiger partial charge < -0.3 is 14.5 Å². The van der Waals surface area contributed by atoms with E-state index in [1.54, 1.807) is 36.7 Å². The molecule has 0 unspecified atom stereocenters. The number of hydrogen-bond donors (Lipinski definition) is 1. The van der Waals surface area contributed by atoms with E-state index >= 15 is 0 Å². The van der Waals surface area contributed by atoms with E-state index in [0.717, 1.165) is 12.1 Å². The van der Waals surface area contributed by atoms with Crippen LogP contribution < -0.4 is 10.2 Å². The van der Waals surface area contributed by atoms with E-state index in [0.29, 0.717) is 17.5 Å². The van der Waals surface area contributed by atoms with Crippen LogP contribution in [0.5, 0.6) is 0 Å². The zero-order valence-corrected chi connectivity index (χ0v) is 14.6. The molecule has 0 radical (unpaired) electrons. The van der Waals surface area contributed by atoms with Crippen molar-refractivity contribution in [1.29, 1.82) is 0 Å². The Labute approximate surface area is 137 Å². The molecule has 1 aromatic carbocycles. The van der Waals surface area contributed by atoms with E-state index in [4.69, 9.17) is 4.52 Å². The highest BCUT2D eigenvalue weighted by molar-refractivity contribution is 7.67.